The molecule has 0 saturated heterocycles. The molecule has 0 aliphatic heterocycles. The van der Waals surface area contributed by atoms with Crippen LogP contribution in [-0.2, 0) is 0 Å². The zero-order valence-corrected chi connectivity index (χ0v) is 10.8. The van der Waals surface area contributed by atoms with E-state index in [0.717, 1.165) is 19.3 Å². The Balaban J connectivity index is 2.14. The summed E-state index contributed by atoms with van der Waals surface area (Å²) >= 11 is 3.18. The monoisotopic (exact) mass is 300 g/mol. The van der Waals surface area contributed by atoms with Crippen molar-refractivity contribution in [3.8, 4) is 0 Å². The number of hydrogen-bond donors (Lipinski definition) is 2. The molecule has 5 heteroatoms. The van der Waals surface area contributed by atoms with Crippen molar-refractivity contribution in [2.24, 2.45) is 5.73 Å². The summed E-state index contributed by atoms with van der Waals surface area (Å²) < 4.78 is 14.0. The Morgan fingerprint density at radius 2 is 2.24 bits per heavy atom. The van der Waals surface area contributed by atoms with Crippen LogP contribution >= 0.6 is 15.9 Å². The molecule has 1 aliphatic rings. The van der Waals surface area contributed by atoms with Crippen molar-refractivity contribution in [1.29, 1.82) is 0 Å². The van der Waals surface area contributed by atoms with Crippen LogP contribution in [0.5, 0.6) is 0 Å². The molecule has 2 rings (SSSR count). The summed E-state index contributed by atoms with van der Waals surface area (Å²) in [6, 6.07) is 4.40. The first-order chi connectivity index (χ1) is 8.09. The van der Waals surface area contributed by atoms with Gasteiger partial charge in [-0.15, -0.1) is 0 Å². The third-order valence-electron chi connectivity index (χ3n) is 3.08. The second kappa shape index (κ2) is 5.14. The number of benzene rings is 1. The number of halogens is 2. The summed E-state index contributed by atoms with van der Waals surface area (Å²) in [7, 11) is 0. The van der Waals surface area contributed by atoms with Gasteiger partial charge in [-0.2, -0.15) is 0 Å². The second-order valence-electron chi connectivity index (χ2n) is 4.27. The Kier molecular flexibility index (Phi) is 3.79. The van der Waals surface area contributed by atoms with E-state index < -0.39 is 11.7 Å². The first-order valence-corrected chi connectivity index (χ1v) is 6.39. The maximum atomic E-state index is 13.5. The molecule has 92 valence electrons. The van der Waals surface area contributed by atoms with Crippen molar-refractivity contribution in [2.75, 3.05) is 0 Å². The third-order valence-corrected chi connectivity index (χ3v) is 3.74. The highest BCUT2D eigenvalue weighted by molar-refractivity contribution is 9.10. The SMILES string of the molecule is NC1CCCC1NC(=O)c1c(F)cccc1Br. The van der Waals surface area contributed by atoms with E-state index in [1.54, 1.807) is 12.1 Å². The highest BCUT2D eigenvalue weighted by atomic mass is 79.9. The number of nitrogens with two attached hydrogens (primary N) is 1. The zero-order chi connectivity index (χ0) is 12.4. The molecule has 0 heterocycles. The maximum Gasteiger partial charge on any atom is 0.255 e. The highest BCUT2D eigenvalue weighted by Crippen LogP contribution is 2.22. The van der Waals surface area contributed by atoms with Crippen molar-refractivity contribution >= 4 is 21.8 Å². The molecule has 2 atom stereocenters. The van der Waals surface area contributed by atoms with Crippen molar-refractivity contribution in [3.63, 3.8) is 0 Å². The molecule has 2 unspecified atom stereocenters. The van der Waals surface area contributed by atoms with Crippen LogP contribution < -0.4 is 11.1 Å². The quantitative estimate of drug-likeness (QED) is 0.880. The van der Waals surface area contributed by atoms with Gasteiger partial charge < -0.3 is 11.1 Å². The zero-order valence-electron chi connectivity index (χ0n) is 9.25. The van der Waals surface area contributed by atoms with Gasteiger partial charge in [0.25, 0.3) is 5.91 Å². The molecule has 0 spiro atoms. The standard InChI is InChI=1S/C12H14BrFN2O/c13-7-3-1-4-8(14)11(7)12(17)16-10-6-2-5-9(10)15/h1,3-4,9-10H,2,5-6,15H2,(H,16,17). The predicted octanol–water partition coefficient (Wildman–Crippen LogP) is 2.20. The summed E-state index contributed by atoms with van der Waals surface area (Å²) in [5, 5.41) is 2.79. The molecule has 3 N–H and O–H groups in total. The average Bonchev–Trinajstić information content (AvgIpc) is 2.64. The lowest BCUT2D eigenvalue weighted by molar-refractivity contribution is 0.0929. The van der Waals surface area contributed by atoms with Crippen molar-refractivity contribution in [1.82, 2.24) is 5.32 Å². The van der Waals surface area contributed by atoms with E-state index in [1.807, 2.05) is 0 Å². The van der Waals surface area contributed by atoms with Crippen LogP contribution in [0.4, 0.5) is 4.39 Å². The lowest BCUT2D eigenvalue weighted by Gasteiger charge is -2.17. The number of amides is 1. The van der Waals surface area contributed by atoms with E-state index in [2.05, 4.69) is 21.2 Å². The molecule has 1 fully saturated rings. The summed E-state index contributed by atoms with van der Waals surface area (Å²) in [6.45, 7) is 0. The molecule has 0 radical (unpaired) electrons. The fraction of sp³-hybridized carbons (Fsp3) is 0.417. The Bertz CT molecular complexity index is 418. The second-order valence-corrected chi connectivity index (χ2v) is 5.13. The fourth-order valence-corrected chi connectivity index (χ4v) is 2.65. The summed E-state index contributed by atoms with van der Waals surface area (Å²) in [5.74, 6) is -0.930. The van der Waals surface area contributed by atoms with Crippen LogP contribution in [-0.4, -0.2) is 18.0 Å². The molecule has 17 heavy (non-hydrogen) atoms. The first kappa shape index (κ1) is 12.5. The van der Waals surface area contributed by atoms with Crippen LogP contribution in [0.3, 0.4) is 0 Å². The molecule has 1 amide bonds. The molecule has 1 aliphatic carbocycles. The van der Waals surface area contributed by atoms with Gasteiger partial charge >= 0.3 is 0 Å². The van der Waals surface area contributed by atoms with E-state index >= 15 is 0 Å². The van der Waals surface area contributed by atoms with Gasteiger partial charge in [-0.3, -0.25) is 4.79 Å². The van der Waals surface area contributed by atoms with Crippen LogP contribution in [0, 0.1) is 5.82 Å². The topological polar surface area (TPSA) is 55.1 Å². The van der Waals surface area contributed by atoms with Gasteiger partial charge in [-0.25, -0.2) is 4.39 Å². The number of rotatable bonds is 2. The lowest BCUT2D eigenvalue weighted by atomic mass is 10.1. The smallest absolute Gasteiger partial charge is 0.255 e. The van der Waals surface area contributed by atoms with E-state index in [-0.39, 0.29) is 17.6 Å². The van der Waals surface area contributed by atoms with Gasteiger partial charge in [-0.1, -0.05) is 6.07 Å². The van der Waals surface area contributed by atoms with Crippen molar-refractivity contribution in [3.05, 3.63) is 34.1 Å². The minimum atomic E-state index is -0.525. The van der Waals surface area contributed by atoms with Gasteiger partial charge in [0.2, 0.25) is 0 Å². The molecular formula is C12H14BrFN2O. The number of carbonyl (C=O) groups is 1. The van der Waals surface area contributed by atoms with Crippen molar-refractivity contribution < 1.29 is 9.18 Å². The van der Waals surface area contributed by atoms with E-state index in [4.69, 9.17) is 5.73 Å². The van der Waals surface area contributed by atoms with E-state index in [0.29, 0.717) is 4.47 Å². The van der Waals surface area contributed by atoms with Gasteiger partial charge in [0.05, 0.1) is 5.56 Å². The van der Waals surface area contributed by atoms with E-state index in [1.165, 1.54) is 6.07 Å². The number of hydrogen-bond acceptors (Lipinski definition) is 2. The van der Waals surface area contributed by atoms with Crippen LogP contribution in [0.2, 0.25) is 0 Å². The third kappa shape index (κ3) is 2.66. The van der Waals surface area contributed by atoms with Gasteiger partial charge in [0.15, 0.2) is 0 Å². The summed E-state index contributed by atoms with van der Waals surface area (Å²) in [6.07, 6.45) is 2.77. The summed E-state index contributed by atoms with van der Waals surface area (Å²) in [4.78, 5) is 12.0. The van der Waals surface area contributed by atoms with Crippen LogP contribution in [0.15, 0.2) is 22.7 Å². The normalized spacial score (nSPS) is 23.7. The van der Waals surface area contributed by atoms with Crippen LogP contribution in [0.25, 0.3) is 0 Å². The first-order valence-electron chi connectivity index (χ1n) is 5.60. The van der Waals surface area contributed by atoms with Gasteiger partial charge in [0.1, 0.15) is 5.82 Å². The molecule has 0 aromatic heterocycles. The highest BCUT2D eigenvalue weighted by Gasteiger charge is 2.27. The Hall–Kier alpha value is -0.940. The van der Waals surface area contributed by atoms with Crippen LogP contribution in [0.1, 0.15) is 29.6 Å². The largest absolute Gasteiger partial charge is 0.348 e. The molecular weight excluding hydrogens is 287 g/mol. The van der Waals surface area contributed by atoms with Crippen molar-refractivity contribution in [2.45, 2.75) is 31.3 Å². The minimum Gasteiger partial charge on any atom is -0.348 e. The number of nitrogens with one attached hydrogen (secondary N) is 1. The molecule has 3 nitrogen and oxygen atoms in total. The molecule has 1 aromatic carbocycles. The minimum absolute atomic E-state index is 0.0236. The Morgan fingerprint density at radius 1 is 1.47 bits per heavy atom. The Morgan fingerprint density at radius 3 is 2.82 bits per heavy atom. The lowest BCUT2D eigenvalue weighted by Crippen LogP contribution is -2.44. The molecule has 1 saturated carbocycles. The molecule has 1 aromatic rings. The average molecular weight is 301 g/mol. The van der Waals surface area contributed by atoms with Gasteiger partial charge in [0, 0.05) is 16.6 Å². The summed E-state index contributed by atoms with van der Waals surface area (Å²) in [5.41, 5.74) is 5.91. The maximum absolute atomic E-state index is 13.5. The Labute approximate surface area is 108 Å². The fourth-order valence-electron chi connectivity index (χ4n) is 2.12. The van der Waals surface area contributed by atoms with E-state index in [9.17, 15) is 9.18 Å². The predicted molar refractivity (Wildman–Crippen MR) is 67.2 cm³/mol. The number of carbonyl (C=O) groups excluding carboxylic acids is 1. The van der Waals surface area contributed by atoms with Gasteiger partial charge in [-0.05, 0) is 47.3 Å². The molecule has 0 bridgehead atoms.